The van der Waals surface area contributed by atoms with Crippen LogP contribution < -0.4 is 0 Å². The molecule has 5 heavy (non-hydrogen) atoms. The van der Waals surface area contributed by atoms with Crippen LogP contribution in [0.15, 0.2) is 0 Å². The third-order valence-corrected chi connectivity index (χ3v) is 0. The molecular formula is MoO3W. The Kier molecular flexibility index (Phi) is 1320. The van der Waals surface area contributed by atoms with Crippen molar-refractivity contribution in [1.82, 2.24) is 0 Å². The van der Waals surface area contributed by atoms with E-state index in [1.54, 1.807) is 0 Å². The molecule has 0 N–H and O–H groups in total. The van der Waals surface area contributed by atoms with Crippen LogP contribution in [0.5, 0.6) is 0 Å². The van der Waals surface area contributed by atoms with Gasteiger partial charge in [-0.25, -0.2) is 0 Å². The predicted octanol–water partition coefficient (Wildman–Crippen LogP) is -0.361. The monoisotopic (exact) mass is 330 g/mol. The summed E-state index contributed by atoms with van der Waals surface area (Å²) in [5.74, 6) is 0. The quantitative estimate of drug-likeness (QED) is 0.544. The Morgan fingerprint density at radius 2 is 0.600 bits per heavy atom. The molecule has 0 heterocycles. The number of hydrogen-bond donors (Lipinski definition) is 0. The summed E-state index contributed by atoms with van der Waals surface area (Å²) in [5.41, 5.74) is 0. The molecular weight excluding hydrogens is 328 g/mol. The minimum atomic E-state index is 0. The summed E-state index contributed by atoms with van der Waals surface area (Å²) >= 11 is 0. The van der Waals surface area contributed by atoms with E-state index in [1.165, 1.54) is 0 Å². The molecule has 0 rings (SSSR count). The van der Waals surface area contributed by atoms with Crippen molar-refractivity contribution in [2.45, 2.75) is 0 Å². The van der Waals surface area contributed by atoms with E-state index in [0.29, 0.717) is 0 Å². The fourth-order valence-electron chi connectivity index (χ4n) is 0. The van der Waals surface area contributed by atoms with Crippen molar-refractivity contribution in [2.75, 3.05) is 0 Å². The Bertz CT molecular complexity index is 6.85. The average molecular weight is 328 g/mol. The summed E-state index contributed by atoms with van der Waals surface area (Å²) in [4.78, 5) is 0. The SMILES string of the molecule is [Mo].[O-2].[O-2].[O-2].[W+6]. The molecule has 0 saturated heterocycles. The van der Waals surface area contributed by atoms with Gasteiger partial charge in [-0.1, -0.05) is 0 Å². The van der Waals surface area contributed by atoms with Crippen molar-refractivity contribution in [2.24, 2.45) is 0 Å². The molecule has 0 aromatic rings. The van der Waals surface area contributed by atoms with E-state index in [0.717, 1.165) is 0 Å². The van der Waals surface area contributed by atoms with Gasteiger partial charge >= 0.3 is 21.1 Å². The summed E-state index contributed by atoms with van der Waals surface area (Å²) in [6, 6.07) is 0. The summed E-state index contributed by atoms with van der Waals surface area (Å²) in [5, 5.41) is 0. The van der Waals surface area contributed by atoms with E-state index in [9.17, 15) is 0 Å². The smallest absolute Gasteiger partial charge is 2.00 e. The van der Waals surface area contributed by atoms with Gasteiger partial charge in [0.1, 0.15) is 0 Å². The largest absolute Gasteiger partial charge is 6.00 e. The van der Waals surface area contributed by atoms with Crippen LogP contribution in [0.4, 0.5) is 0 Å². The maximum atomic E-state index is 0. The van der Waals surface area contributed by atoms with Gasteiger partial charge in [-0.15, -0.1) is 0 Å². The first-order valence-corrected chi connectivity index (χ1v) is 0. The molecule has 30 valence electrons. The molecule has 0 spiro atoms. The third kappa shape index (κ3) is 35.3. The Labute approximate surface area is 58.6 Å². The summed E-state index contributed by atoms with van der Waals surface area (Å²) in [7, 11) is 0. The zero-order chi connectivity index (χ0) is 0. The van der Waals surface area contributed by atoms with Gasteiger partial charge in [-0.2, -0.15) is 0 Å². The Morgan fingerprint density at radius 1 is 0.600 bits per heavy atom. The maximum absolute atomic E-state index is 0. The normalized spacial score (nSPS) is 0. The maximum Gasteiger partial charge on any atom is 6.00 e. The van der Waals surface area contributed by atoms with E-state index in [2.05, 4.69) is 0 Å². The van der Waals surface area contributed by atoms with Crippen molar-refractivity contribution in [3.8, 4) is 0 Å². The molecule has 0 amide bonds. The molecule has 0 aliphatic carbocycles. The van der Waals surface area contributed by atoms with Gasteiger partial charge < -0.3 is 16.4 Å². The van der Waals surface area contributed by atoms with Crippen LogP contribution in [-0.4, -0.2) is 0 Å². The minimum absolute atomic E-state index is 0. The first-order chi connectivity index (χ1) is 0. The average Bonchev–Trinajstić information content (AvgIpc) is 0. The topological polar surface area (TPSA) is 85.5 Å². The molecule has 0 fully saturated rings. The molecule has 0 bridgehead atoms. The van der Waals surface area contributed by atoms with Gasteiger partial charge in [-0.05, 0) is 0 Å². The fraction of sp³-hybridized carbons (Fsp3) is 0. The summed E-state index contributed by atoms with van der Waals surface area (Å²) in [6.07, 6.45) is 0. The van der Waals surface area contributed by atoms with Crippen LogP contribution in [-0.2, 0) is 58.6 Å². The molecule has 0 aromatic heterocycles. The molecule has 0 saturated carbocycles. The van der Waals surface area contributed by atoms with Gasteiger partial charge in [0.2, 0.25) is 0 Å². The van der Waals surface area contributed by atoms with Crippen LogP contribution >= 0.6 is 0 Å². The van der Waals surface area contributed by atoms with Gasteiger partial charge in [0.05, 0.1) is 0 Å². The fourth-order valence-corrected chi connectivity index (χ4v) is 0. The first-order valence-electron chi connectivity index (χ1n) is 0. The molecule has 0 aliphatic rings. The van der Waals surface area contributed by atoms with E-state index >= 15 is 0 Å². The first kappa shape index (κ1) is 109. The van der Waals surface area contributed by atoms with Crippen molar-refractivity contribution in [1.29, 1.82) is 0 Å². The summed E-state index contributed by atoms with van der Waals surface area (Å²) in [6.45, 7) is 0. The summed E-state index contributed by atoms with van der Waals surface area (Å²) < 4.78 is 0. The Balaban J connectivity index is 0. The van der Waals surface area contributed by atoms with Gasteiger partial charge in [0.25, 0.3) is 0 Å². The van der Waals surface area contributed by atoms with Crippen molar-refractivity contribution in [3.05, 3.63) is 0 Å². The van der Waals surface area contributed by atoms with Crippen LogP contribution in [0.3, 0.4) is 0 Å². The van der Waals surface area contributed by atoms with Crippen molar-refractivity contribution >= 4 is 0 Å². The number of hydrogen-bond acceptors (Lipinski definition) is 0. The van der Waals surface area contributed by atoms with E-state index in [-0.39, 0.29) is 58.6 Å². The van der Waals surface area contributed by atoms with E-state index in [4.69, 9.17) is 0 Å². The second-order valence-electron chi connectivity index (χ2n) is 0. The van der Waals surface area contributed by atoms with E-state index < -0.39 is 0 Å². The van der Waals surface area contributed by atoms with Gasteiger partial charge in [0.15, 0.2) is 0 Å². The van der Waals surface area contributed by atoms with Crippen molar-refractivity contribution < 1.29 is 58.6 Å². The zero-order valence-electron chi connectivity index (χ0n) is 2.04. The second-order valence-corrected chi connectivity index (χ2v) is 0. The minimum Gasteiger partial charge on any atom is -2.00 e. The van der Waals surface area contributed by atoms with Crippen LogP contribution in [0, 0.1) is 0 Å². The third-order valence-electron chi connectivity index (χ3n) is 0. The van der Waals surface area contributed by atoms with Gasteiger partial charge in [0, 0.05) is 21.1 Å². The van der Waals surface area contributed by atoms with Crippen LogP contribution in [0.1, 0.15) is 0 Å². The molecule has 0 radical (unpaired) electrons. The standard InChI is InChI=1S/Mo.3O.W/q;3*-2;+6. The Morgan fingerprint density at radius 3 is 0.600 bits per heavy atom. The molecule has 3 nitrogen and oxygen atoms in total. The van der Waals surface area contributed by atoms with Crippen LogP contribution in [0.25, 0.3) is 0 Å². The van der Waals surface area contributed by atoms with Crippen LogP contribution in [0.2, 0.25) is 0 Å². The number of rotatable bonds is 0. The van der Waals surface area contributed by atoms with Crippen molar-refractivity contribution in [3.63, 3.8) is 0 Å². The Hall–Kier alpha value is 1.26. The second kappa shape index (κ2) is 60.3. The molecule has 0 atom stereocenters. The molecule has 0 unspecified atom stereocenters. The molecule has 5 heteroatoms. The zero-order valence-corrected chi connectivity index (χ0v) is 6.98. The molecule has 0 aromatic carbocycles. The predicted molar refractivity (Wildman–Crippen MR) is 2.06 cm³/mol. The van der Waals surface area contributed by atoms with E-state index in [1.807, 2.05) is 0 Å². The molecule has 0 aliphatic heterocycles. The van der Waals surface area contributed by atoms with Gasteiger partial charge in [-0.3, -0.25) is 0 Å².